The first-order valence-corrected chi connectivity index (χ1v) is 5.47. The molecule has 0 aliphatic heterocycles. The number of aromatic nitrogens is 2. The van der Waals surface area contributed by atoms with Crippen molar-refractivity contribution in [2.45, 2.75) is 52.4 Å². The van der Waals surface area contributed by atoms with E-state index < -0.39 is 0 Å². The van der Waals surface area contributed by atoms with Crippen LogP contribution in [-0.2, 0) is 0 Å². The summed E-state index contributed by atoms with van der Waals surface area (Å²) >= 11 is 0. The van der Waals surface area contributed by atoms with Gasteiger partial charge < -0.3 is 0 Å². The van der Waals surface area contributed by atoms with Gasteiger partial charge in [0.2, 0.25) is 0 Å². The van der Waals surface area contributed by atoms with Crippen LogP contribution in [0.1, 0.15) is 63.8 Å². The predicted molar refractivity (Wildman–Crippen MR) is 59.4 cm³/mol. The summed E-state index contributed by atoms with van der Waals surface area (Å²) in [5, 5.41) is 0. The van der Waals surface area contributed by atoms with E-state index in [1.807, 2.05) is 12.4 Å². The molecule has 0 aromatic carbocycles. The molecular weight excluding hydrogens is 172 g/mol. The molecule has 1 aromatic rings. The molecule has 0 aliphatic carbocycles. The van der Waals surface area contributed by atoms with Crippen molar-refractivity contribution in [3.63, 3.8) is 0 Å². The number of rotatable bonds is 4. The Balaban J connectivity index is 2.82. The topological polar surface area (TPSA) is 25.8 Å². The Hall–Kier alpha value is -0.920. The van der Waals surface area contributed by atoms with Gasteiger partial charge in [-0.15, -0.1) is 0 Å². The molecule has 1 unspecified atom stereocenters. The fraction of sp³-hybridized carbons (Fsp3) is 0.667. The van der Waals surface area contributed by atoms with Crippen molar-refractivity contribution < 1.29 is 0 Å². The van der Waals surface area contributed by atoms with Gasteiger partial charge in [-0.05, 0) is 18.3 Å². The molecule has 0 amide bonds. The molecule has 1 atom stereocenters. The van der Waals surface area contributed by atoms with Gasteiger partial charge in [0.1, 0.15) is 0 Å². The van der Waals surface area contributed by atoms with E-state index in [2.05, 4.69) is 37.7 Å². The van der Waals surface area contributed by atoms with Crippen LogP contribution in [0, 0.1) is 0 Å². The van der Waals surface area contributed by atoms with E-state index in [4.69, 9.17) is 0 Å². The molecule has 1 rings (SSSR count). The molecule has 14 heavy (non-hydrogen) atoms. The van der Waals surface area contributed by atoms with Crippen LogP contribution in [0.15, 0.2) is 12.4 Å². The van der Waals surface area contributed by atoms with Crippen molar-refractivity contribution in [1.29, 1.82) is 0 Å². The molecule has 0 radical (unpaired) electrons. The van der Waals surface area contributed by atoms with E-state index in [-0.39, 0.29) is 0 Å². The molecule has 0 spiro atoms. The van der Waals surface area contributed by atoms with Gasteiger partial charge in [0.15, 0.2) is 0 Å². The molecule has 0 aliphatic rings. The Morgan fingerprint density at radius 2 is 1.79 bits per heavy atom. The van der Waals surface area contributed by atoms with Gasteiger partial charge in [-0.25, -0.2) is 0 Å². The van der Waals surface area contributed by atoms with Crippen LogP contribution in [0.25, 0.3) is 0 Å². The molecule has 2 nitrogen and oxygen atoms in total. The smallest absolute Gasteiger partial charge is 0.0618 e. The van der Waals surface area contributed by atoms with E-state index in [0.29, 0.717) is 11.8 Å². The van der Waals surface area contributed by atoms with Crippen molar-refractivity contribution in [3.8, 4) is 0 Å². The van der Waals surface area contributed by atoms with Crippen LogP contribution in [0.3, 0.4) is 0 Å². The van der Waals surface area contributed by atoms with E-state index in [1.54, 1.807) is 0 Å². The first-order valence-electron chi connectivity index (χ1n) is 5.47. The minimum atomic E-state index is 0.469. The third-order valence-corrected chi connectivity index (χ3v) is 2.49. The SMILES string of the molecule is CCCC(C)c1cncc(C(C)C)n1. The Kier molecular flexibility index (Phi) is 4.05. The highest BCUT2D eigenvalue weighted by Gasteiger charge is 2.08. The third kappa shape index (κ3) is 2.79. The summed E-state index contributed by atoms with van der Waals surface area (Å²) in [6.45, 7) is 8.73. The number of hydrogen-bond acceptors (Lipinski definition) is 2. The molecule has 1 heterocycles. The van der Waals surface area contributed by atoms with Crippen molar-refractivity contribution in [2.75, 3.05) is 0 Å². The van der Waals surface area contributed by atoms with Gasteiger partial charge in [-0.2, -0.15) is 0 Å². The molecule has 0 fully saturated rings. The lowest BCUT2D eigenvalue weighted by atomic mass is 10.0. The largest absolute Gasteiger partial charge is 0.261 e. The quantitative estimate of drug-likeness (QED) is 0.729. The van der Waals surface area contributed by atoms with Crippen LogP contribution in [0.4, 0.5) is 0 Å². The highest BCUT2D eigenvalue weighted by molar-refractivity contribution is 5.09. The normalized spacial score (nSPS) is 13.2. The molecular formula is C12H20N2. The second-order valence-corrected chi connectivity index (χ2v) is 4.21. The van der Waals surface area contributed by atoms with Crippen molar-refractivity contribution in [3.05, 3.63) is 23.8 Å². The second kappa shape index (κ2) is 5.08. The maximum atomic E-state index is 4.63. The van der Waals surface area contributed by atoms with Gasteiger partial charge >= 0.3 is 0 Å². The first kappa shape index (κ1) is 11.2. The van der Waals surface area contributed by atoms with E-state index in [1.165, 1.54) is 12.8 Å². The third-order valence-electron chi connectivity index (χ3n) is 2.49. The average molecular weight is 192 g/mol. The average Bonchev–Trinajstić information content (AvgIpc) is 2.18. The molecule has 1 aromatic heterocycles. The van der Waals surface area contributed by atoms with Gasteiger partial charge in [0.05, 0.1) is 11.4 Å². The minimum absolute atomic E-state index is 0.469. The maximum Gasteiger partial charge on any atom is 0.0618 e. The summed E-state index contributed by atoms with van der Waals surface area (Å²) in [7, 11) is 0. The van der Waals surface area contributed by atoms with Gasteiger partial charge in [0.25, 0.3) is 0 Å². The molecule has 78 valence electrons. The van der Waals surface area contributed by atoms with E-state index in [0.717, 1.165) is 11.4 Å². The molecule has 0 saturated heterocycles. The fourth-order valence-corrected chi connectivity index (χ4v) is 1.49. The van der Waals surface area contributed by atoms with E-state index in [9.17, 15) is 0 Å². The Morgan fingerprint density at radius 3 is 2.36 bits per heavy atom. The Labute approximate surface area is 86.8 Å². The van der Waals surface area contributed by atoms with Crippen LogP contribution in [-0.4, -0.2) is 9.97 Å². The van der Waals surface area contributed by atoms with Gasteiger partial charge in [-0.1, -0.05) is 34.1 Å². The molecule has 2 heteroatoms. The summed E-state index contributed by atoms with van der Waals surface area (Å²) < 4.78 is 0. The van der Waals surface area contributed by atoms with Crippen molar-refractivity contribution >= 4 is 0 Å². The minimum Gasteiger partial charge on any atom is -0.261 e. The van der Waals surface area contributed by atoms with Gasteiger partial charge in [-0.3, -0.25) is 9.97 Å². The summed E-state index contributed by atoms with van der Waals surface area (Å²) in [5.41, 5.74) is 2.24. The monoisotopic (exact) mass is 192 g/mol. The zero-order chi connectivity index (χ0) is 10.6. The first-order chi connectivity index (χ1) is 6.65. The zero-order valence-corrected chi connectivity index (χ0v) is 9.62. The highest BCUT2D eigenvalue weighted by Crippen LogP contribution is 2.19. The molecule has 0 saturated carbocycles. The van der Waals surface area contributed by atoms with Crippen LogP contribution < -0.4 is 0 Å². The van der Waals surface area contributed by atoms with Crippen LogP contribution in [0.5, 0.6) is 0 Å². The number of hydrogen-bond donors (Lipinski definition) is 0. The lowest BCUT2D eigenvalue weighted by Crippen LogP contribution is -2.02. The summed E-state index contributed by atoms with van der Waals surface area (Å²) in [6, 6.07) is 0. The predicted octanol–water partition coefficient (Wildman–Crippen LogP) is 3.50. The second-order valence-electron chi connectivity index (χ2n) is 4.21. The Bertz CT molecular complexity index is 281. The summed E-state index contributed by atoms with van der Waals surface area (Å²) in [6.07, 6.45) is 6.16. The van der Waals surface area contributed by atoms with Crippen molar-refractivity contribution in [2.24, 2.45) is 0 Å². The van der Waals surface area contributed by atoms with Crippen LogP contribution in [0.2, 0.25) is 0 Å². The summed E-state index contributed by atoms with van der Waals surface area (Å²) in [5.74, 6) is 1.00. The van der Waals surface area contributed by atoms with E-state index >= 15 is 0 Å². The lowest BCUT2D eigenvalue weighted by Gasteiger charge is -2.11. The van der Waals surface area contributed by atoms with Crippen LogP contribution >= 0.6 is 0 Å². The Morgan fingerprint density at radius 1 is 1.14 bits per heavy atom. The lowest BCUT2D eigenvalue weighted by molar-refractivity contribution is 0.635. The molecule has 0 N–H and O–H groups in total. The fourth-order valence-electron chi connectivity index (χ4n) is 1.49. The van der Waals surface area contributed by atoms with Crippen molar-refractivity contribution in [1.82, 2.24) is 9.97 Å². The maximum absolute atomic E-state index is 4.63. The highest BCUT2D eigenvalue weighted by atomic mass is 14.8. The van der Waals surface area contributed by atoms with Gasteiger partial charge in [0, 0.05) is 12.4 Å². The standard InChI is InChI=1S/C12H20N2/c1-5-6-10(4)12-8-13-7-11(14-12)9(2)3/h7-10H,5-6H2,1-4H3. The molecule has 0 bridgehead atoms. The zero-order valence-electron chi connectivity index (χ0n) is 9.62. The number of nitrogens with zero attached hydrogens (tertiary/aromatic N) is 2. The summed E-state index contributed by atoms with van der Waals surface area (Å²) in [4.78, 5) is 8.87.